The highest BCUT2D eigenvalue weighted by atomic mass is 127. The molecule has 0 fully saturated rings. The fourth-order valence-corrected chi connectivity index (χ4v) is 2.44. The number of benzene rings is 1. The zero-order chi connectivity index (χ0) is 8.43. The van der Waals surface area contributed by atoms with Crippen LogP contribution in [0.5, 0.6) is 0 Å². The molecule has 1 aromatic rings. The van der Waals surface area contributed by atoms with Gasteiger partial charge in [0.2, 0.25) is 0 Å². The molecule has 0 aromatic heterocycles. The Morgan fingerprint density at radius 1 is 1.27 bits per heavy atom. The molecule has 0 nitrogen and oxygen atoms in total. The van der Waals surface area contributed by atoms with Gasteiger partial charge >= 0.3 is 0 Å². The lowest BCUT2D eigenvalue weighted by Gasteiger charge is -2.02. The Balaban J connectivity index is 3.21. The maximum absolute atomic E-state index is 5.89. The maximum atomic E-state index is 5.89. The van der Waals surface area contributed by atoms with Crippen LogP contribution in [0.1, 0.15) is 0 Å². The van der Waals surface area contributed by atoms with Crippen LogP contribution in [0.25, 0.3) is 0 Å². The van der Waals surface area contributed by atoms with Crippen LogP contribution in [0.4, 0.5) is 0 Å². The summed E-state index contributed by atoms with van der Waals surface area (Å²) in [7, 11) is 0. The molecule has 0 atom stereocenters. The first-order valence-electron chi connectivity index (χ1n) is 2.83. The van der Waals surface area contributed by atoms with Crippen LogP contribution in [0.15, 0.2) is 17.0 Å². The van der Waals surface area contributed by atoms with E-state index in [1.165, 1.54) is 0 Å². The van der Waals surface area contributed by atoms with Gasteiger partial charge in [0.05, 0.1) is 10.0 Å². The predicted molar refractivity (Wildman–Crippen MR) is 61.0 cm³/mol. The number of thioether (sulfide) groups is 1. The molecule has 4 heteroatoms. The number of halogens is 3. The largest absolute Gasteiger partial charge is 0.128 e. The topological polar surface area (TPSA) is 0 Å². The summed E-state index contributed by atoms with van der Waals surface area (Å²) >= 11 is 15.5. The van der Waals surface area contributed by atoms with E-state index in [-0.39, 0.29) is 0 Å². The molecule has 0 aliphatic carbocycles. The fourth-order valence-electron chi connectivity index (χ4n) is 0.661. The van der Waals surface area contributed by atoms with Crippen LogP contribution in [0.3, 0.4) is 0 Å². The van der Waals surface area contributed by atoms with Gasteiger partial charge in [-0.3, -0.25) is 0 Å². The van der Waals surface area contributed by atoms with E-state index in [2.05, 4.69) is 22.6 Å². The molecular formula is C7H5Cl2IS. The van der Waals surface area contributed by atoms with Crippen molar-refractivity contribution in [3.8, 4) is 0 Å². The molecule has 0 saturated heterocycles. The first-order valence-corrected chi connectivity index (χ1v) is 5.89. The van der Waals surface area contributed by atoms with Crippen molar-refractivity contribution >= 4 is 57.6 Å². The SMILES string of the molecule is CSc1cc(I)c(Cl)cc1Cl. The molecule has 1 aromatic carbocycles. The summed E-state index contributed by atoms with van der Waals surface area (Å²) < 4.78 is 1.04. The van der Waals surface area contributed by atoms with Gasteiger partial charge in [-0.2, -0.15) is 0 Å². The van der Waals surface area contributed by atoms with Gasteiger partial charge in [-0.25, -0.2) is 0 Å². The van der Waals surface area contributed by atoms with Gasteiger partial charge in [-0.15, -0.1) is 11.8 Å². The number of hydrogen-bond acceptors (Lipinski definition) is 1. The molecule has 0 spiro atoms. The second-order valence-corrected chi connectivity index (χ2v) is 4.73. The minimum absolute atomic E-state index is 0.716. The Morgan fingerprint density at radius 3 is 2.45 bits per heavy atom. The van der Waals surface area contributed by atoms with Gasteiger partial charge in [-0.1, -0.05) is 23.2 Å². The molecular weight excluding hydrogens is 314 g/mol. The number of rotatable bonds is 1. The summed E-state index contributed by atoms with van der Waals surface area (Å²) in [6.45, 7) is 0. The van der Waals surface area contributed by atoms with Gasteiger partial charge in [-0.05, 0) is 41.0 Å². The van der Waals surface area contributed by atoms with Crippen molar-refractivity contribution in [3.05, 3.63) is 25.7 Å². The first-order chi connectivity index (χ1) is 5.15. The molecule has 60 valence electrons. The fraction of sp³-hybridized carbons (Fsp3) is 0.143. The average Bonchev–Trinajstić information content (AvgIpc) is 1.97. The Morgan fingerprint density at radius 2 is 1.91 bits per heavy atom. The third-order valence-electron chi connectivity index (χ3n) is 1.19. The van der Waals surface area contributed by atoms with Gasteiger partial charge in [0.15, 0.2) is 0 Å². The van der Waals surface area contributed by atoms with Crippen molar-refractivity contribution < 1.29 is 0 Å². The predicted octanol–water partition coefficient (Wildman–Crippen LogP) is 4.32. The smallest absolute Gasteiger partial charge is 0.0557 e. The maximum Gasteiger partial charge on any atom is 0.0557 e. The molecule has 0 aliphatic rings. The number of hydrogen-bond donors (Lipinski definition) is 0. The van der Waals surface area contributed by atoms with Crippen molar-refractivity contribution in [1.29, 1.82) is 0 Å². The highest BCUT2D eigenvalue weighted by Gasteiger charge is 2.03. The van der Waals surface area contributed by atoms with E-state index < -0.39 is 0 Å². The molecule has 0 bridgehead atoms. The van der Waals surface area contributed by atoms with Crippen molar-refractivity contribution in [3.63, 3.8) is 0 Å². The van der Waals surface area contributed by atoms with Crippen LogP contribution < -0.4 is 0 Å². The highest BCUT2D eigenvalue weighted by Crippen LogP contribution is 2.31. The van der Waals surface area contributed by atoms with Crippen molar-refractivity contribution in [2.45, 2.75) is 4.90 Å². The molecule has 11 heavy (non-hydrogen) atoms. The van der Waals surface area contributed by atoms with Crippen LogP contribution in [0.2, 0.25) is 10.0 Å². The summed E-state index contributed by atoms with van der Waals surface area (Å²) in [4.78, 5) is 1.07. The Labute approximate surface area is 93.8 Å². The molecule has 1 rings (SSSR count). The molecule has 0 aliphatic heterocycles. The summed E-state index contributed by atoms with van der Waals surface area (Å²) in [6.07, 6.45) is 1.99. The van der Waals surface area contributed by atoms with E-state index in [0.717, 1.165) is 13.5 Å². The molecule has 0 heterocycles. The van der Waals surface area contributed by atoms with E-state index in [9.17, 15) is 0 Å². The van der Waals surface area contributed by atoms with E-state index >= 15 is 0 Å². The highest BCUT2D eigenvalue weighted by molar-refractivity contribution is 14.1. The lowest BCUT2D eigenvalue weighted by atomic mass is 10.4. The summed E-state index contributed by atoms with van der Waals surface area (Å²) in [5.74, 6) is 0. The zero-order valence-corrected chi connectivity index (χ0v) is 10.2. The quantitative estimate of drug-likeness (QED) is 0.422. The first kappa shape index (κ1) is 9.96. The van der Waals surface area contributed by atoms with E-state index in [0.29, 0.717) is 5.02 Å². The van der Waals surface area contributed by atoms with Crippen molar-refractivity contribution in [2.24, 2.45) is 0 Å². The second kappa shape index (κ2) is 4.21. The van der Waals surface area contributed by atoms with Crippen LogP contribution >= 0.6 is 57.6 Å². The molecule has 0 saturated carbocycles. The summed E-state index contributed by atoms with van der Waals surface area (Å²) in [5, 5.41) is 1.44. The van der Waals surface area contributed by atoms with Gasteiger partial charge in [0, 0.05) is 8.47 Å². The summed E-state index contributed by atoms with van der Waals surface area (Å²) in [6, 6.07) is 3.76. The van der Waals surface area contributed by atoms with Crippen molar-refractivity contribution in [1.82, 2.24) is 0 Å². The summed E-state index contributed by atoms with van der Waals surface area (Å²) in [5.41, 5.74) is 0. The van der Waals surface area contributed by atoms with E-state index in [1.54, 1.807) is 17.8 Å². The van der Waals surface area contributed by atoms with E-state index in [4.69, 9.17) is 23.2 Å². The molecule has 0 N–H and O–H groups in total. The van der Waals surface area contributed by atoms with E-state index in [1.807, 2.05) is 12.3 Å². The van der Waals surface area contributed by atoms with Crippen molar-refractivity contribution in [2.75, 3.05) is 6.26 Å². The third kappa shape index (κ3) is 2.41. The molecule has 0 amide bonds. The molecule has 0 unspecified atom stereocenters. The Bertz CT molecular complexity index is 275. The third-order valence-corrected chi connectivity index (χ3v) is 3.92. The Kier molecular flexibility index (Phi) is 3.81. The van der Waals surface area contributed by atoms with Gasteiger partial charge in [0.25, 0.3) is 0 Å². The minimum Gasteiger partial charge on any atom is -0.128 e. The second-order valence-electron chi connectivity index (χ2n) is 1.90. The lowest BCUT2D eigenvalue weighted by Crippen LogP contribution is -1.78. The average molecular weight is 319 g/mol. The van der Waals surface area contributed by atoms with Gasteiger partial charge < -0.3 is 0 Å². The standard InChI is InChI=1S/C7H5Cl2IS/c1-11-7-3-6(10)4(8)2-5(7)9/h2-3H,1H3. The van der Waals surface area contributed by atoms with Crippen LogP contribution in [-0.2, 0) is 0 Å². The monoisotopic (exact) mass is 318 g/mol. The zero-order valence-electron chi connectivity index (χ0n) is 5.70. The van der Waals surface area contributed by atoms with Crippen LogP contribution in [0, 0.1) is 3.57 Å². The Hall–Kier alpha value is 0.880. The van der Waals surface area contributed by atoms with Crippen LogP contribution in [-0.4, -0.2) is 6.26 Å². The van der Waals surface area contributed by atoms with Gasteiger partial charge in [0.1, 0.15) is 0 Å². The molecule has 0 radical (unpaired) electrons. The lowest BCUT2D eigenvalue weighted by molar-refractivity contribution is 1.44. The minimum atomic E-state index is 0.716. The normalized spacial score (nSPS) is 10.2.